The zero-order chi connectivity index (χ0) is 20.5. The van der Waals surface area contributed by atoms with Crippen molar-refractivity contribution in [2.24, 2.45) is 0 Å². The molecule has 0 unspecified atom stereocenters. The molecule has 0 atom stereocenters. The van der Waals surface area contributed by atoms with Crippen LogP contribution in [0.5, 0.6) is 0 Å². The van der Waals surface area contributed by atoms with Crippen molar-refractivity contribution in [1.29, 1.82) is 0 Å². The summed E-state index contributed by atoms with van der Waals surface area (Å²) in [5.41, 5.74) is 3.04. The van der Waals surface area contributed by atoms with Gasteiger partial charge in [0, 0.05) is 18.0 Å². The Kier molecular flexibility index (Phi) is 4.65. The van der Waals surface area contributed by atoms with Gasteiger partial charge in [-0.05, 0) is 35.9 Å². The maximum atomic E-state index is 14.2. The van der Waals surface area contributed by atoms with Crippen molar-refractivity contribution >= 4 is 43.6 Å². The van der Waals surface area contributed by atoms with Crippen molar-refractivity contribution in [3.63, 3.8) is 0 Å². The first-order valence-corrected chi connectivity index (χ1v) is 10.1. The van der Waals surface area contributed by atoms with Crippen LogP contribution in [0.25, 0.3) is 21.3 Å². The molecule has 0 saturated heterocycles. The standard InChI is InChI=1S/C23H15FN4OS/c24-17-7-4-8-20-21(17)27-23(30-20)28(14-15-5-2-1-3-6-15)22(29)16-9-10-18-19(13-16)26-12-11-25-18/h1-13H,14H2. The van der Waals surface area contributed by atoms with Crippen LogP contribution in [0.3, 0.4) is 0 Å². The molecule has 0 spiro atoms. The van der Waals surface area contributed by atoms with E-state index >= 15 is 0 Å². The molecule has 0 bridgehead atoms. The predicted octanol–water partition coefficient (Wildman–Crippen LogP) is 5.23. The Morgan fingerprint density at radius 2 is 1.73 bits per heavy atom. The maximum absolute atomic E-state index is 14.2. The fourth-order valence-electron chi connectivity index (χ4n) is 3.26. The molecule has 0 aliphatic rings. The van der Waals surface area contributed by atoms with Crippen LogP contribution >= 0.6 is 11.3 Å². The van der Waals surface area contributed by atoms with Gasteiger partial charge in [0.05, 0.1) is 22.3 Å². The summed E-state index contributed by atoms with van der Waals surface area (Å²) in [6.45, 7) is 0.319. The van der Waals surface area contributed by atoms with Crippen molar-refractivity contribution in [1.82, 2.24) is 15.0 Å². The minimum Gasteiger partial charge on any atom is -0.279 e. The average Bonchev–Trinajstić information content (AvgIpc) is 3.23. The lowest BCUT2D eigenvalue weighted by atomic mass is 10.1. The molecular weight excluding hydrogens is 399 g/mol. The molecule has 1 amide bonds. The molecule has 0 N–H and O–H groups in total. The van der Waals surface area contributed by atoms with Crippen molar-refractivity contribution in [3.8, 4) is 0 Å². The molecular formula is C23H15FN4OS. The van der Waals surface area contributed by atoms with E-state index in [1.54, 1.807) is 47.6 Å². The molecule has 5 aromatic rings. The van der Waals surface area contributed by atoms with Crippen LogP contribution in [0.2, 0.25) is 0 Å². The third-order valence-electron chi connectivity index (χ3n) is 4.73. The summed E-state index contributed by atoms with van der Waals surface area (Å²) in [6.07, 6.45) is 3.20. The monoisotopic (exact) mass is 414 g/mol. The third kappa shape index (κ3) is 3.40. The first-order chi connectivity index (χ1) is 14.7. The van der Waals surface area contributed by atoms with Crippen LogP contribution in [0.4, 0.5) is 9.52 Å². The van der Waals surface area contributed by atoms with Crippen molar-refractivity contribution in [2.75, 3.05) is 4.90 Å². The van der Waals surface area contributed by atoms with Gasteiger partial charge in [-0.3, -0.25) is 19.7 Å². The van der Waals surface area contributed by atoms with E-state index in [-0.39, 0.29) is 11.4 Å². The molecule has 5 nitrogen and oxygen atoms in total. The minimum atomic E-state index is -0.400. The lowest BCUT2D eigenvalue weighted by Crippen LogP contribution is -2.30. The quantitative estimate of drug-likeness (QED) is 0.404. The number of hydrogen-bond acceptors (Lipinski definition) is 5. The zero-order valence-electron chi connectivity index (χ0n) is 15.7. The second kappa shape index (κ2) is 7.61. The van der Waals surface area contributed by atoms with E-state index in [1.165, 1.54) is 17.4 Å². The molecule has 2 heterocycles. The van der Waals surface area contributed by atoms with Crippen molar-refractivity contribution in [3.05, 3.63) is 96.1 Å². The Hall–Kier alpha value is -3.71. The SMILES string of the molecule is O=C(c1ccc2nccnc2c1)N(Cc1ccccc1)c1nc2c(F)cccc2s1. The number of thiazole rings is 1. The van der Waals surface area contributed by atoms with Gasteiger partial charge in [-0.25, -0.2) is 9.37 Å². The van der Waals surface area contributed by atoms with Gasteiger partial charge in [0.15, 0.2) is 5.13 Å². The molecule has 0 aliphatic heterocycles. The number of carbonyl (C=O) groups excluding carboxylic acids is 1. The fourth-order valence-corrected chi connectivity index (χ4v) is 4.24. The predicted molar refractivity (Wildman–Crippen MR) is 116 cm³/mol. The highest BCUT2D eigenvalue weighted by Crippen LogP contribution is 2.32. The minimum absolute atomic E-state index is 0.231. The highest BCUT2D eigenvalue weighted by Gasteiger charge is 2.23. The van der Waals surface area contributed by atoms with Crippen LogP contribution < -0.4 is 4.90 Å². The van der Waals surface area contributed by atoms with Gasteiger partial charge >= 0.3 is 0 Å². The molecule has 0 saturated carbocycles. The molecule has 0 fully saturated rings. The van der Waals surface area contributed by atoms with Crippen LogP contribution in [0.1, 0.15) is 15.9 Å². The normalized spacial score (nSPS) is 11.1. The first-order valence-electron chi connectivity index (χ1n) is 9.31. The van der Waals surface area contributed by atoms with Gasteiger partial charge in [0.1, 0.15) is 11.3 Å². The van der Waals surface area contributed by atoms with Crippen LogP contribution in [-0.4, -0.2) is 20.9 Å². The summed E-state index contributed by atoms with van der Waals surface area (Å²) in [5.74, 6) is -0.631. The molecule has 3 aromatic carbocycles. The van der Waals surface area contributed by atoms with Crippen molar-refractivity contribution < 1.29 is 9.18 Å². The number of fused-ring (bicyclic) bond motifs is 2. The summed E-state index contributed by atoms with van der Waals surface area (Å²) in [6, 6.07) is 19.7. The number of aromatic nitrogens is 3. The van der Waals surface area contributed by atoms with Gasteiger partial charge in [-0.2, -0.15) is 0 Å². The molecule has 7 heteroatoms. The van der Waals surface area contributed by atoms with Gasteiger partial charge in [-0.15, -0.1) is 0 Å². The third-order valence-corrected chi connectivity index (χ3v) is 5.78. The molecule has 2 aromatic heterocycles. The van der Waals surface area contributed by atoms with E-state index in [4.69, 9.17) is 0 Å². The Balaban J connectivity index is 1.60. The van der Waals surface area contributed by atoms with E-state index in [1.807, 2.05) is 30.3 Å². The van der Waals surface area contributed by atoms with Gasteiger partial charge < -0.3 is 0 Å². The van der Waals surface area contributed by atoms with Crippen LogP contribution in [-0.2, 0) is 6.54 Å². The Bertz CT molecular complexity index is 1370. The van der Waals surface area contributed by atoms with E-state index in [0.717, 1.165) is 5.56 Å². The fraction of sp³-hybridized carbons (Fsp3) is 0.0435. The lowest BCUT2D eigenvalue weighted by Gasteiger charge is -2.20. The van der Waals surface area contributed by atoms with Crippen LogP contribution in [0, 0.1) is 5.82 Å². The smallest absolute Gasteiger partial charge is 0.260 e. The molecule has 146 valence electrons. The number of para-hydroxylation sites is 1. The second-order valence-electron chi connectivity index (χ2n) is 6.72. The number of halogens is 1. The number of nitrogens with zero attached hydrogens (tertiary/aromatic N) is 4. The second-order valence-corrected chi connectivity index (χ2v) is 7.73. The highest BCUT2D eigenvalue weighted by molar-refractivity contribution is 7.22. The molecule has 0 aliphatic carbocycles. The van der Waals surface area contributed by atoms with Gasteiger partial charge in [0.25, 0.3) is 5.91 Å². The topological polar surface area (TPSA) is 59.0 Å². The molecule has 5 rings (SSSR count). The van der Waals surface area contributed by atoms with Crippen molar-refractivity contribution in [2.45, 2.75) is 6.54 Å². The largest absolute Gasteiger partial charge is 0.279 e. The highest BCUT2D eigenvalue weighted by atomic mass is 32.1. The van der Waals surface area contributed by atoms with E-state index < -0.39 is 5.82 Å². The zero-order valence-corrected chi connectivity index (χ0v) is 16.5. The number of anilines is 1. The number of rotatable bonds is 4. The summed E-state index contributed by atoms with van der Waals surface area (Å²) >= 11 is 1.29. The number of hydrogen-bond donors (Lipinski definition) is 0. The van der Waals surface area contributed by atoms with Gasteiger partial charge in [0.2, 0.25) is 0 Å². The Labute approximate surface area is 175 Å². The summed E-state index contributed by atoms with van der Waals surface area (Å²) < 4.78 is 14.9. The van der Waals surface area contributed by atoms with Crippen LogP contribution in [0.15, 0.2) is 79.1 Å². The van der Waals surface area contributed by atoms with E-state index in [2.05, 4.69) is 15.0 Å². The molecule has 30 heavy (non-hydrogen) atoms. The number of benzene rings is 3. The lowest BCUT2D eigenvalue weighted by molar-refractivity contribution is 0.0985. The van der Waals surface area contributed by atoms with Gasteiger partial charge in [-0.1, -0.05) is 47.7 Å². The Morgan fingerprint density at radius 1 is 0.933 bits per heavy atom. The molecule has 0 radical (unpaired) electrons. The number of carbonyl (C=O) groups is 1. The summed E-state index contributed by atoms with van der Waals surface area (Å²) in [7, 11) is 0. The first kappa shape index (κ1) is 18.3. The summed E-state index contributed by atoms with van der Waals surface area (Å²) in [4.78, 5) is 28.1. The summed E-state index contributed by atoms with van der Waals surface area (Å²) in [5, 5.41) is 0.447. The maximum Gasteiger partial charge on any atom is 0.260 e. The van der Waals surface area contributed by atoms with E-state index in [0.29, 0.717) is 33.0 Å². The average molecular weight is 414 g/mol. The number of amides is 1. The van der Waals surface area contributed by atoms with E-state index in [9.17, 15) is 9.18 Å². The Morgan fingerprint density at radius 3 is 2.53 bits per heavy atom.